The quantitative estimate of drug-likeness (QED) is 0.544. The van der Waals surface area contributed by atoms with Crippen LogP contribution >= 0.6 is 0 Å². The van der Waals surface area contributed by atoms with Crippen molar-refractivity contribution in [2.45, 2.75) is 25.2 Å². The van der Waals surface area contributed by atoms with Gasteiger partial charge in [-0.05, 0) is 36.0 Å². The summed E-state index contributed by atoms with van der Waals surface area (Å²) in [6, 6.07) is 13.6. The summed E-state index contributed by atoms with van der Waals surface area (Å²) in [5.41, 5.74) is 1.64. The predicted octanol–water partition coefficient (Wildman–Crippen LogP) is 2.73. The molecule has 7 nitrogen and oxygen atoms in total. The molecule has 0 atom stereocenters. The van der Waals surface area contributed by atoms with Gasteiger partial charge in [0.15, 0.2) is 6.73 Å². The largest absolute Gasteiger partial charge is 0.508 e. The number of likely N-dealkylation sites (tertiary alicyclic amines) is 1. The highest BCUT2D eigenvalue weighted by atomic mass is 16.5. The van der Waals surface area contributed by atoms with Crippen molar-refractivity contribution in [1.29, 1.82) is 0 Å². The van der Waals surface area contributed by atoms with Crippen molar-refractivity contribution in [3.8, 4) is 11.5 Å². The minimum atomic E-state index is -0.395. The molecule has 3 N–H and O–H groups in total. The average molecular weight is 384 g/mol. The molecule has 0 aromatic heterocycles. The molecule has 0 spiro atoms. The summed E-state index contributed by atoms with van der Waals surface area (Å²) in [5.74, 6) is -0.158. The summed E-state index contributed by atoms with van der Waals surface area (Å²) >= 11 is 0. The summed E-state index contributed by atoms with van der Waals surface area (Å²) in [6.45, 7) is 0.909. The van der Waals surface area contributed by atoms with Crippen LogP contribution in [0.5, 0.6) is 11.5 Å². The molecule has 1 aliphatic heterocycles. The molecule has 2 amide bonds. The maximum Gasteiger partial charge on any atom is 0.320 e. The van der Waals surface area contributed by atoms with E-state index in [1.54, 1.807) is 17.0 Å². The van der Waals surface area contributed by atoms with Crippen LogP contribution in [-0.4, -0.2) is 46.9 Å². The Balaban J connectivity index is 1.39. The molecule has 1 fully saturated rings. The van der Waals surface area contributed by atoms with Crippen LogP contribution in [0.1, 0.15) is 29.9 Å². The van der Waals surface area contributed by atoms with Gasteiger partial charge in [-0.2, -0.15) is 0 Å². The van der Waals surface area contributed by atoms with E-state index >= 15 is 0 Å². The number of phenols is 2. The fourth-order valence-corrected chi connectivity index (χ4v) is 3.37. The van der Waals surface area contributed by atoms with Gasteiger partial charge in [0.05, 0.1) is 6.42 Å². The van der Waals surface area contributed by atoms with E-state index in [-0.39, 0.29) is 36.6 Å². The van der Waals surface area contributed by atoms with Gasteiger partial charge >= 0.3 is 12.0 Å². The monoisotopic (exact) mass is 384 g/mol. The SMILES string of the molecule is O=C(Cc1ccccc1)OCNC(=O)N1CCC(c2ccc(O)cc2O)CC1. The van der Waals surface area contributed by atoms with E-state index in [9.17, 15) is 19.8 Å². The number of rotatable bonds is 5. The molecule has 1 heterocycles. The van der Waals surface area contributed by atoms with Crippen LogP contribution in [0, 0.1) is 0 Å². The molecule has 1 saturated heterocycles. The van der Waals surface area contributed by atoms with Crippen LogP contribution in [0.3, 0.4) is 0 Å². The van der Waals surface area contributed by atoms with Crippen LogP contribution in [0.15, 0.2) is 48.5 Å². The second-order valence-corrected chi connectivity index (χ2v) is 6.81. The van der Waals surface area contributed by atoms with Crippen LogP contribution in [0.2, 0.25) is 0 Å². The predicted molar refractivity (Wildman–Crippen MR) is 103 cm³/mol. The van der Waals surface area contributed by atoms with Gasteiger partial charge < -0.3 is 25.2 Å². The number of urea groups is 1. The van der Waals surface area contributed by atoms with Crippen LogP contribution in [-0.2, 0) is 16.0 Å². The van der Waals surface area contributed by atoms with Crippen LogP contribution in [0.4, 0.5) is 4.79 Å². The number of nitrogens with zero attached hydrogens (tertiary/aromatic N) is 1. The summed E-state index contributed by atoms with van der Waals surface area (Å²) in [6.07, 6.45) is 1.58. The van der Waals surface area contributed by atoms with E-state index in [2.05, 4.69) is 5.32 Å². The smallest absolute Gasteiger partial charge is 0.320 e. The van der Waals surface area contributed by atoms with Gasteiger partial charge in [-0.25, -0.2) is 4.79 Å². The number of aromatic hydroxyl groups is 2. The minimum absolute atomic E-state index is 0.0277. The third kappa shape index (κ3) is 5.16. The molecule has 148 valence electrons. The third-order valence-corrected chi connectivity index (χ3v) is 4.88. The summed E-state index contributed by atoms with van der Waals surface area (Å²) in [5, 5.41) is 22.0. The molecule has 0 aliphatic carbocycles. The number of ether oxygens (including phenoxy) is 1. The highest BCUT2D eigenvalue weighted by molar-refractivity contribution is 5.75. The standard InChI is InChI=1S/C21H24N2O5/c24-17-6-7-18(19(25)13-17)16-8-10-23(11-9-16)21(27)22-14-28-20(26)12-15-4-2-1-3-5-15/h1-7,13,16,24-25H,8-12,14H2,(H,22,27). The van der Waals surface area contributed by atoms with E-state index in [1.165, 1.54) is 6.07 Å². The molecule has 0 unspecified atom stereocenters. The first kappa shape index (κ1) is 19.5. The molecule has 0 radical (unpaired) electrons. The summed E-state index contributed by atoms with van der Waals surface area (Å²) in [4.78, 5) is 25.7. The molecule has 1 aliphatic rings. The molecule has 0 saturated carbocycles. The molecule has 0 bridgehead atoms. The van der Waals surface area contributed by atoms with E-state index in [0.29, 0.717) is 25.9 Å². The Morgan fingerprint density at radius 1 is 1.07 bits per heavy atom. The first-order valence-electron chi connectivity index (χ1n) is 9.27. The van der Waals surface area contributed by atoms with Gasteiger partial charge in [0.25, 0.3) is 0 Å². The van der Waals surface area contributed by atoms with Crippen molar-refractivity contribution in [1.82, 2.24) is 10.2 Å². The Labute approximate surface area is 163 Å². The molecule has 2 aromatic rings. The average Bonchev–Trinajstić information content (AvgIpc) is 2.69. The number of phenolic OH excluding ortho intramolecular Hbond substituents is 2. The first-order valence-corrected chi connectivity index (χ1v) is 9.27. The molecule has 3 rings (SSSR count). The molecule has 7 heteroatoms. The van der Waals surface area contributed by atoms with Gasteiger partial charge in [-0.3, -0.25) is 4.79 Å². The van der Waals surface area contributed by atoms with Crippen LogP contribution < -0.4 is 5.32 Å². The molecular weight excluding hydrogens is 360 g/mol. The Hall–Kier alpha value is -3.22. The Morgan fingerprint density at radius 2 is 1.79 bits per heavy atom. The van der Waals surface area contributed by atoms with Crippen molar-refractivity contribution < 1.29 is 24.5 Å². The highest BCUT2D eigenvalue weighted by Gasteiger charge is 2.25. The van der Waals surface area contributed by atoms with Crippen molar-refractivity contribution in [2.24, 2.45) is 0 Å². The fourth-order valence-electron chi connectivity index (χ4n) is 3.37. The lowest BCUT2D eigenvalue weighted by atomic mass is 9.89. The normalized spacial score (nSPS) is 14.5. The zero-order valence-electron chi connectivity index (χ0n) is 15.5. The number of benzene rings is 2. The lowest BCUT2D eigenvalue weighted by Crippen LogP contribution is -2.45. The highest BCUT2D eigenvalue weighted by Crippen LogP contribution is 2.35. The topological polar surface area (TPSA) is 99.1 Å². The summed E-state index contributed by atoms with van der Waals surface area (Å²) in [7, 11) is 0. The molecule has 28 heavy (non-hydrogen) atoms. The van der Waals surface area contributed by atoms with Crippen molar-refractivity contribution in [3.63, 3.8) is 0 Å². The number of hydrogen-bond donors (Lipinski definition) is 3. The second-order valence-electron chi connectivity index (χ2n) is 6.81. The molecular formula is C21H24N2O5. The van der Waals surface area contributed by atoms with E-state index < -0.39 is 5.97 Å². The number of esters is 1. The number of carbonyl (C=O) groups excluding carboxylic acids is 2. The zero-order valence-corrected chi connectivity index (χ0v) is 15.5. The number of piperidine rings is 1. The van der Waals surface area contributed by atoms with Gasteiger partial charge in [0, 0.05) is 19.2 Å². The molecule has 2 aromatic carbocycles. The van der Waals surface area contributed by atoms with Gasteiger partial charge in [-0.1, -0.05) is 36.4 Å². The lowest BCUT2D eigenvalue weighted by molar-refractivity contribution is -0.143. The van der Waals surface area contributed by atoms with Crippen molar-refractivity contribution in [2.75, 3.05) is 19.8 Å². The van der Waals surface area contributed by atoms with E-state index in [0.717, 1.165) is 11.1 Å². The lowest BCUT2D eigenvalue weighted by Gasteiger charge is -2.32. The van der Waals surface area contributed by atoms with Crippen molar-refractivity contribution >= 4 is 12.0 Å². The maximum atomic E-state index is 12.2. The number of carbonyl (C=O) groups is 2. The Morgan fingerprint density at radius 3 is 2.46 bits per heavy atom. The summed E-state index contributed by atoms with van der Waals surface area (Å²) < 4.78 is 5.07. The third-order valence-electron chi connectivity index (χ3n) is 4.88. The van der Waals surface area contributed by atoms with Gasteiger partial charge in [0.2, 0.25) is 0 Å². The Kier molecular flexibility index (Phi) is 6.37. The van der Waals surface area contributed by atoms with E-state index in [4.69, 9.17) is 4.74 Å². The zero-order chi connectivity index (χ0) is 19.9. The number of amides is 2. The fraction of sp³-hybridized carbons (Fsp3) is 0.333. The van der Waals surface area contributed by atoms with E-state index in [1.807, 2.05) is 30.3 Å². The number of nitrogens with one attached hydrogen (secondary N) is 1. The second kappa shape index (κ2) is 9.12. The van der Waals surface area contributed by atoms with Crippen LogP contribution in [0.25, 0.3) is 0 Å². The van der Waals surface area contributed by atoms with Crippen molar-refractivity contribution in [3.05, 3.63) is 59.7 Å². The first-order chi connectivity index (χ1) is 13.5. The maximum absolute atomic E-state index is 12.2. The minimum Gasteiger partial charge on any atom is -0.508 e. The van der Waals surface area contributed by atoms with Gasteiger partial charge in [-0.15, -0.1) is 0 Å². The van der Waals surface area contributed by atoms with Gasteiger partial charge in [0.1, 0.15) is 11.5 Å². The Bertz CT molecular complexity index is 817. The number of hydrogen-bond acceptors (Lipinski definition) is 5.